The van der Waals surface area contributed by atoms with Gasteiger partial charge in [-0.1, -0.05) is 30.3 Å². The Morgan fingerprint density at radius 2 is 1.96 bits per heavy atom. The van der Waals surface area contributed by atoms with Gasteiger partial charge < -0.3 is 9.73 Å². The van der Waals surface area contributed by atoms with E-state index in [1.54, 1.807) is 18.4 Å². The molecule has 126 valence electrons. The van der Waals surface area contributed by atoms with Crippen molar-refractivity contribution < 1.29 is 9.21 Å². The number of amides is 1. The van der Waals surface area contributed by atoms with Gasteiger partial charge in [-0.3, -0.25) is 9.69 Å². The molecular formula is C20H24N2O2. The molecule has 1 aromatic heterocycles. The molecule has 0 saturated carbocycles. The minimum absolute atomic E-state index is 0.0573. The van der Waals surface area contributed by atoms with Crippen LogP contribution in [0.4, 0.5) is 0 Å². The topological polar surface area (TPSA) is 45.5 Å². The van der Waals surface area contributed by atoms with Crippen molar-refractivity contribution in [2.45, 2.75) is 19.4 Å². The van der Waals surface area contributed by atoms with Crippen molar-refractivity contribution in [3.05, 3.63) is 66.1 Å². The predicted octanol–water partition coefficient (Wildman–Crippen LogP) is 3.32. The first kappa shape index (κ1) is 16.5. The Balaban J connectivity index is 1.35. The Hall–Kier alpha value is -2.33. The quantitative estimate of drug-likeness (QED) is 0.829. The summed E-state index contributed by atoms with van der Waals surface area (Å²) in [5.41, 5.74) is 1.37. The van der Waals surface area contributed by atoms with Gasteiger partial charge in [0.05, 0.1) is 6.26 Å². The molecule has 0 bridgehead atoms. The summed E-state index contributed by atoms with van der Waals surface area (Å²) in [5, 5.41) is 2.99. The first-order chi connectivity index (χ1) is 11.8. The summed E-state index contributed by atoms with van der Waals surface area (Å²) in [6, 6.07) is 14.2. The van der Waals surface area contributed by atoms with Crippen LogP contribution >= 0.6 is 0 Å². The van der Waals surface area contributed by atoms with Crippen molar-refractivity contribution in [2.75, 3.05) is 19.6 Å². The van der Waals surface area contributed by atoms with Crippen LogP contribution in [0.1, 0.15) is 24.2 Å². The molecule has 4 nitrogen and oxygen atoms in total. The van der Waals surface area contributed by atoms with Crippen molar-refractivity contribution in [3.63, 3.8) is 0 Å². The van der Waals surface area contributed by atoms with Crippen LogP contribution in [0, 0.1) is 5.92 Å². The minimum Gasteiger partial charge on any atom is -0.465 e. The highest BCUT2D eigenvalue weighted by Crippen LogP contribution is 2.18. The molecule has 24 heavy (non-hydrogen) atoms. The van der Waals surface area contributed by atoms with Crippen LogP contribution in [0.2, 0.25) is 0 Å². The van der Waals surface area contributed by atoms with E-state index in [1.807, 2.05) is 6.07 Å². The summed E-state index contributed by atoms with van der Waals surface area (Å²) in [5.74, 6) is 1.20. The third-order valence-electron chi connectivity index (χ3n) is 4.46. The predicted molar refractivity (Wildman–Crippen MR) is 95.2 cm³/mol. The molecule has 0 radical (unpaired) electrons. The molecule has 1 aliphatic heterocycles. The van der Waals surface area contributed by atoms with E-state index in [0.717, 1.165) is 39.0 Å². The molecular weight excluding hydrogens is 300 g/mol. The van der Waals surface area contributed by atoms with Gasteiger partial charge in [0.15, 0.2) is 0 Å². The Morgan fingerprint density at radius 1 is 1.17 bits per heavy atom. The van der Waals surface area contributed by atoms with Gasteiger partial charge in [0, 0.05) is 19.2 Å². The van der Waals surface area contributed by atoms with Crippen LogP contribution in [0.25, 0.3) is 6.08 Å². The molecule has 1 fully saturated rings. The first-order valence-corrected chi connectivity index (χ1v) is 8.55. The molecule has 0 unspecified atom stereocenters. The molecule has 2 heterocycles. The van der Waals surface area contributed by atoms with E-state index in [9.17, 15) is 4.79 Å². The second-order valence-electron chi connectivity index (χ2n) is 6.30. The highest BCUT2D eigenvalue weighted by Gasteiger charge is 2.19. The zero-order valence-electron chi connectivity index (χ0n) is 13.9. The number of carbonyl (C=O) groups excluding carboxylic acids is 1. The van der Waals surface area contributed by atoms with Crippen LogP contribution in [-0.4, -0.2) is 30.4 Å². The highest BCUT2D eigenvalue weighted by atomic mass is 16.3. The highest BCUT2D eigenvalue weighted by molar-refractivity contribution is 5.91. The Labute approximate surface area is 143 Å². The summed E-state index contributed by atoms with van der Waals surface area (Å²) in [4.78, 5) is 14.3. The maximum atomic E-state index is 11.8. The van der Waals surface area contributed by atoms with E-state index in [-0.39, 0.29) is 5.91 Å². The molecule has 0 atom stereocenters. The second kappa shape index (κ2) is 8.50. The van der Waals surface area contributed by atoms with E-state index < -0.39 is 0 Å². The van der Waals surface area contributed by atoms with Crippen molar-refractivity contribution in [3.8, 4) is 0 Å². The minimum atomic E-state index is -0.0573. The van der Waals surface area contributed by atoms with Crippen molar-refractivity contribution in [1.29, 1.82) is 0 Å². The third-order valence-corrected chi connectivity index (χ3v) is 4.46. The molecule has 1 aliphatic rings. The van der Waals surface area contributed by atoms with Gasteiger partial charge in [-0.15, -0.1) is 0 Å². The summed E-state index contributed by atoms with van der Waals surface area (Å²) in [7, 11) is 0. The van der Waals surface area contributed by atoms with Crippen molar-refractivity contribution in [1.82, 2.24) is 10.2 Å². The second-order valence-corrected chi connectivity index (χ2v) is 6.30. The number of furan rings is 1. The van der Waals surface area contributed by atoms with Gasteiger partial charge >= 0.3 is 0 Å². The fraction of sp³-hybridized carbons (Fsp3) is 0.350. The lowest BCUT2D eigenvalue weighted by atomic mass is 9.96. The Bertz CT molecular complexity index is 642. The largest absolute Gasteiger partial charge is 0.465 e. The molecule has 0 spiro atoms. The smallest absolute Gasteiger partial charge is 0.244 e. The van der Waals surface area contributed by atoms with Crippen LogP contribution in [-0.2, 0) is 11.3 Å². The van der Waals surface area contributed by atoms with Gasteiger partial charge in [-0.2, -0.15) is 0 Å². The third kappa shape index (κ3) is 5.10. The van der Waals surface area contributed by atoms with Gasteiger partial charge in [0.2, 0.25) is 5.91 Å². The fourth-order valence-electron chi connectivity index (χ4n) is 3.04. The maximum Gasteiger partial charge on any atom is 0.244 e. The Kier molecular flexibility index (Phi) is 5.85. The zero-order valence-corrected chi connectivity index (χ0v) is 13.9. The standard InChI is InChI=1S/C20H24N2O2/c23-20(9-8-19-7-4-14-24-19)21-15-17-10-12-22(13-11-17)16-18-5-2-1-3-6-18/h1-9,14,17H,10-13,15-16H2,(H,21,23)/b9-8+. The molecule has 1 saturated heterocycles. The number of hydrogen-bond donors (Lipinski definition) is 1. The first-order valence-electron chi connectivity index (χ1n) is 8.55. The average molecular weight is 324 g/mol. The molecule has 0 aliphatic carbocycles. The fourth-order valence-corrected chi connectivity index (χ4v) is 3.04. The summed E-state index contributed by atoms with van der Waals surface area (Å²) < 4.78 is 5.17. The number of carbonyl (C=O) groups is 1. The molecule has 1 aromatic carbocycles. The number of nitrogens with one attached hydrogen (secondary N) is 1. The number of likely N-dealkylation sites (tertiary alicyclic amines) is 1. The molecule has 1 amide bonds. The molecule has 3 rings (SSSR count). The SMILES string of the molecule is O=C(/C=C/c1ccco1)NCC1CCN(Cc2ccccc2)CC1. The van der Waals surface area contributed by atoms with E-state index in [4.69, 9.17) is 4.42 Å². The van der Waals surface area contributed by atoms with E-state index >= 15 is 0 Å². The molecule has 2 aromatic rings. The Morgan fingerprint density at radius 3 is 2.67 bits per heavy atom. The lowest BCUT2D eigenvalue weighted by Gasteiger charge is -2.32. The summed E-state index contributed by atoms with van der Waals surface area (Å²) >= 11 is 0. The van der Waals surface area contributed by atoms with E-state index in [2.05, 4.69) is 40.5 Å². The maximum absolute atomic E-state index is 11.8. The lowest BCUT2D eigenvalue weighted by molar-refractivity contribution is -0.116. The normalized spacial score (nSPS) is 16.5. The number of rotatable bonds is 6. The lowest BCUT2D eigenvalue weighted by Crippen LogP contribution is -2.38. The monoisotopic (exact) mass is 324 g/mol. The zero-order chi connectivity index (χ0) is 16.6. The van der Waals surface area contributed by atoms with Crippen molar-refractivity contribution in [2.24, 2.45) is 5.92 Å². The van der Waals surface area contributed by atoms with E-state index in [1.165, 1.54) is 11.6 Å². The number of benzene rings is 1. The summed E-state index contributed by atoms with van der Waals surface area (Å²) in [6.45, 7) is 3.96. The number of hydrogen-bond acceptors (Lipinski definition) is 3. The van der Waals surface area contributed by atoms with Crippen LogP contribution in [0.3, 0.4) is 0 Å². The number of piperidine rings is 1. The van der Waals surface area contributed by atoms with Crippen LogP contribution in [0.15, 0.2) is 59.2 Å². The summed E-state index contributed by atoms with van der Waals surface area (Å²) in [6.07, 6.45) is 7.09. The van der Waals surface area contributed by atoms with Crippen LogP contribution in [0.5, 0.6) is 0 Å². The van der Waals surface area contributed by atoms with Crippen LogP contribution < -0.4 is 5.32 Å². The number of nitrogens with zero attached hydrogens (tertiary/aromatic N) is 1. The molecule has 1 N–H and O–H groups in total. The van der Waals surface area contributed by atoms with Gasteiger partial charge in [0.1, 0.15) is 5.76 Å². The van der Waals surface area contributed by atoms with Crippen molar-refractivity contribution >= 4 is 12.0 Å². The van der Waals surface area contributed by atoms with Gasteiger partial charge in [0.25, 0.3) is 0 Å². The van der Waals surface area contributed by atoms with Gasteiger partial charge in [-0.25, -0.2) is 0 Å². The average Bonchev–Trinajstić information content (AvgIpc) is 3.14. The van der Waals surface area contributed by atoms with E-state index in [0.29, 0.717) is 11.7 Å². The van der Waals surface area contributed by atoms with Gasteiger partial charge in [-0.05, 0) is 55.6 Å². The molecule has 4 heteroatoms.